The third-order valence-corrected chi connectivity index (χ3v) is 4.91. The van der Waals surface area contributed by atoms with Crippen molar-refractivity contribution in [3.8, 4) is 5.75 Å². The van der Waals surface area contributed by atoms with Crippen molar-refractivity contribution >= 4 is 11.7 Å². The van der Waals surface area contributed by atoms with Crippen LogP contribution in [-0.2, 0) is 17.7 Å². The second-order valence-corrected chi connectivity index (χ2v) is 6.97. The molecule has 2 aliphatic rings. The van der Waals surface area contributed by atoms with E-state index in [2.05, 4.69) is 39.8 Å². The molecular formula is C21H25N3O3. The normalized spacial score (nSPS) is 19.2. The molecule has 1 fully saturated rings. The summed E-state index contributed by atoms with van der Waals surface area (Å²) in [7, 11) is 0. The van der Waals surface area contributed by atoms with Gasteiger partial charge in [0.25, 0.3) is 0 Å². The van der Waals surface area contributed by atoms with Gasteiger partial charge in [-0.1, -0.05) is 30.3 Å². The first kappa shape index (κ1) is 17.8. The van der Waals surface area contributed by atoms with Gasteiger partial charge in [-0.25, -0.2) is 4.79 Å². The third kappa shape index (κ3) is 4.78. The highest BCUT2D eigenvalue weighted by Gasteiger charge is 2.21. The van der Waals surface area contributed by atoms with E-state index in [-0.39, 0.29) is 12.1 Å². The number of nitrogens with zero attached hydrogens (tertiary/aromatic N) is 1. The van der Waals surface area contributed by atoms with Crippen molar-refractivity contribution in [1.29, 1.82) is 0 Å². The lowest BCUT2D eigenvalue weighted by Crippen LogP contribution is -2.47. The number of amides is 2. The first-order chi connectivity index (χ1) is 13.3. The molecule has 4 rings (SSSR count). The first-order valence-corrected chi connectivity index (χ1v) is 9.45. The summed E-state index contributed by atoms with van der Waals surface area (Å²) in [5, 5.41) is 5.81. The molecule has 1 unspecified atom stereocenters. The van der Waals surface area contributed by atoms with Crippen molar-refractivity contribution in [1.82, 2.24) is 10.2 Å². The molecule has 0 aliphatic carbocycles. The van der Waals surface area contributed by atoms with E-state index in [1.807, 2.05) is 24.3 Å². The molecule has 142 valence electrons. The van der Waals surface area contributed by atoms with Gasteiger partial charge < -0.3 is 20.1 Å². The second kappa shape index (κ2) is 8.41. The van der Waals surface area contributed by atoms with Crippen LogP contribution in [0.25, 0.3) is 0 Å². The number of nitrogens with one attached hydrogen (secondary N) is 2. The Morgan fingerprint density at radius 1 is 1.15 bits per heavy atom. The van der Waals surface area contributed by atoms with E-state index in [4.69, 9.17) is 9.47 Å². The Labute approximate surface area is 159 Å². The molecule has 1 atom stereocenters. The van der Waals surface area contributed by atoms with Gasteiger partial charge in [0.1, 0.15) is 5.75 Å². The number of carbonyl (C=O) groups excluding carboxylic acids is 1. The Morgan fingerprint density at radius 3 is 2.93 bits per heavy atom. The number of carbonyl (C=O) groups is 1. The Kier molecular flexibility index (Phi) is 5.55. The van der Waals surface area contributed by atoms with Crippen LogP contribution in [0.15, 0.2) is 48.5 Å². The summed E-state index contributed by atoms with van der Waals surface area (Å²) in [5.41, 5.74) is 3.22. The van der Waals surface area contributed by atoms with Crippen LogP contribution >= 0.6 is 0 Å². The van der Waals surface area contributed by atoms with Crippen LogP contribution in [0.1, 0.15) is 11.1 Å². The van der Waals surface area contributed by atoms with Gasteiger partial charge in [0.05, 0.1) is 19.3 Å². The lowest BCUT2D eigenvalue weighted by Gasteiger charge is -2.33. The zero-order valence-corrected chi connectivity index (χ0v) is 15.3. The summed E-state index contributed by atoms with van der Waals surface area (Å²) in [6.07, 6.45) is 0.890. The van der Waals surface area contributed by atoms with Crippen LogP contribution in [0, 0.1) is 0 Å². The fourth-order valence-electron chi connectivity index (χ4n) is 3.54. The van der Waals surface area contributed by atoms with Crippen LogP contribution in [0.4, 0.5) is 10.5 Å². The molecule has 0 bridgehead atoms. The van der Waals surface area contributed by atoms with Gasteiger partial charge in [0.15, 0.2) is 0 Å². The maximum absolute atomic E-state index is 12.2. The predicted octanol–water partition coefficient (Wildman–Crippen LogP) is 2.64. The molecule has 2 aromatic rings. The molecule has 2 N–H and O–H groups in total. The monoisotopic (exact) mass is 367 g/mol. The zero-order chi connectivity index (χ0) is 18.5. The number of ether oxygens (including phenoxy) is 2. The topological polar surface area (TPSA) is 62.8 Å². The van der Waals surface area contributed by atoms with Gasteiger partial charge in [-0.3, -0.25) is 4.90 Å². The number of hydrogen-bond acceptors (Lipinski definition) is 4. The van der Waals surface area contributed by atoms with Gasteiger partial charge in [-0.15, -0.1) is 0 Å². The van der Waals surface area contributed by atoms with E-state index in [0.29, 0.717) is 19.8 Å². The van der Waals surface area contributed by atoms with Gasteiger partial charge in [-0.05, 0) is 29.3 Å². The molecule has 0 saturated carbocycles. The molecule has 2 amide bonds. The quantitative estimate of drug-likeness (QED) is 0.853. The van der Waals surface area contributed by atoms with Crippen molar-refractivity contribution in [2.24, 2.45) is 0 Å². The van der Waals surface area contributed by atoms with Crippen LogP contribution in [0.3, 0.4) is 0 Å². The minimum absolute atomic E-state index is 0.00151. The number of benzene rings is 2. The lowest BCUT2D eigenvalue weighted by molar-refractivity contribution is -0.0285. The Morgan fingerprint density at radius 2 is 2.04 bits per heavy atom. The van der Waals surface area contributed by atoms with Gasteiger partial charge in [0.2, 0.25) is 0 Å². The van der Waals surface area contributed by atoms with E-state index < -0.39 is 0 Å². The van der Waals surface area contributed by atoms with Crippen molar-refractivity contribution in [3.05, 3.63) is 59.7 Å². The molecule has 0 spiro atoms. The van der Waals surface area contributed by atoms with E-state index >= 15 is 0 Å². The maximum Gasteiger partial charge on any atom is 0.319 e. The highest BCUT2D eigenvalue weighted by Crippen LogP contribution is 2.27. The number of anilines is 1. The van der Waals surface area contributed by atoms with E-state index in [9.17, 15) is 4.79 Å². The largest absolute Gasteiger partial charge is 0.493 e. The highest BCUT2D eigenvalue weighted by atomic mass is 16.5. The van der Waals surface area contributed by atoms with Gasteiger partial charge >= 0.3 is 6.03 Å². The molecule has 6 nitrogen and oxygen atoms in total. The summed E-state index contributed by atoms with van der Waals surface area (Å²) < 4.78 is 11.3. The molecular weight excluding hydrogens is 342 g/mol. The van der Waals surface area contributed by atoms with Crippen LogP contribution < -0.4 is 15.4 Å². The van der Waals surface area contributed by atoms with E-state index in [1.54, 1.807) is 0 Å². The first-order valence-electron chi connectivity index (χ1n) is 9.45. The molecule has 1 saturated heterocycles. The lowest BCUT2D eigenvalue weighted by atomic mass is 10.1. The average molecular weight is 367 g/mol. The number of morpholine rings is 1. The number of hydrogen-bond donors (Lipinski definition) is 2. The van der Waals surface area contributed by atoms with Crippen molar-refractivity contribution in [2.45, 2.75) is 19.1 Å². The number of urea groups is 1. The molecule has 0 radical (unpaired) electrons. The van der Waals surface area contributed by atoms with Crippen LogP contribution in [-0.4, -0.2) is 49.9 Å². The molecule has 2 aromatic carbocycles. The minimum atomic E-state index is -0.211. The Balaban J connectivity index is 1.23. The molecule has 27 heavy (non-hydrogen) atoms. The summed E-state index contributed by atoms with van der Waals surface area (Å²) in [6, 6.07) is 16.0. The van der Waals surface area contributed by atoms with E-state index in [0.717, 1.165) is 43.1 Å². The fourth-order valence-corrected chi connectivity index (χ4v) is 3.54. The minimum Gasteiger partial charge on any atom is -0.493 e. The van der Waals surface area contributed by atoms with Crippen molar-refractivity contribution in [2.75, 3.05) is 38.2 Å². The molecule has 6 heteroatoms. The zero-order valence-electron chi connectivity index (χ0n) is 15.3. The Hall–Kier alpha value is -2.57. The smallest absolute Gasteiger partial charge is 0.319 e. The highest BCUT2D eigenvalue weighted by molar-refractivity contribution is 5.89. The maximum atomic E-state index is 12.2. The summed E-state index contributed by atoms with van der Waals surface area (Å²) >= 11 is 0. The number of fused-ring (bicyclic) bond motifs is 1. The van der Waals surface area contributed by atoms with Crippen molar-refractivity contribution in [3.63, 3.8) is 0 Å². The predicted molar refractivity (Wildman–Crippen MR) is 104 cm³/mol. The molecule has 2 aliphatic heterocycles. The summed E-state index contributed by atoms with van der Waals surface area (Å²) in [4.78, 5) is 14.6. The number of rotatable bonds is 5. The van der Waals surface area contributed by atoms with Crippen LogP contribution in [0.5, 0.6) is 5.75 Å². The summed E-state index contributed by atoms with van der Waals surface area (Å²) in [5.74, 6) is 0.912. The van der Waals surface area contributed by atoms with E-state index in [1.165, 1.54) is 5.56 Å². The van der Waals surface area contributed by atoms with Crippen LogP contribution in [0.2, 0.25) is 0 Å². The van der Waals surface area contributed by atoms with Gasteiger partial charge in [-0.2, -0.15) is 0 Å². The van der Waals surface area contributed by atoms with Crippen molar-refractivity contribution < 1.29 is 14.3 Å². The standard InChI is InChI=1S/C21H25N3O3/c25-21(23-18-6-7-20-17(12-18)8-10-27-20)22-13-19-15-24(9-11-26-19)14-16-4-2-1-3-5-16/h1-7,12,19H,8-11,13-15H2,(H2,22,23,25). The SMILES string of the molecule is O=C(NCC1CN(Cc2ccccc2)CCO1)Nc1ccc2c(c1)CCO2. The molecule has 0 aromatic heterocycles. The van der Waals surface area contributed by atoms with Gasteiger partial charge in [0, 0.05) is 38.3 Å². The fraction of sp³-hybridized carbons (Fsp3) is 0.381. The average Bonchev–Trinajstić information content (AvgIpc) is 3.15. The summed E-state index contributed by atoms with van der Waals surface area (Å²) in [6.45, 7) is 4.52. The molecule has 2 heterocycles. The second-order valence-electron chi connectivity index (χ2n) is 6.97. The Bertz CT molecular complexity index is 781. The third-order valence-electron chi connectivity index (χ3n) is 4.91.